The molecule has 7 nitrogen and oxygen atoms in total. The Morgan fingerprint density at radius 3 is 2.88 bits per heavy atom. The third-order valence-corrected chi connectivity index (χ3v) is 1.99. The first-order valence-corrected chi connectivity index (χ1v) is 4.45. The van der Waals surface area contributed by atoms with Crippen molar-refractivity contribution in [1.29, 1.82) is 5.26 Å². The van der Waals surface area contributed by atoms with Gasteiger partial charge in [0.1, 0.15) is 18.7 Å². The van der Waals surface area contributed by atoms with Gasteiger partial charge in [-0.1, -0.05) is 0 Å². The number of nitriles is 1. The highest BCUT2D eigenvalue weighted by Crippen LogP contribution is 2.06. The summed E-state index contributed by atoms with van der Waals surface area (Å²) in [5.41, 5.74) is 0.465. The molecule has 1 amide bonds. The van der Waals surface area contributed by atoms with Crippen molar-refractivity contribution < 1.29 is 14.7 Å². The number of amides is 1. The summed E-state index contributed by atoms with van der Waals surface area (Å²) in [5, 5.41) is 23.1. The van der Waals surface area contributed by atoms with Crippen LogP contribution in [-0.2, 0) is 11.3 Å². The van der Waals surface area contributed by atoms with Gasteiger partial charge in [-0.15, -0.1) is 0 Å². The molecular weight excluding hydrogens is 212 g/mol. The van der Waals surface area contributed by atoms with Gasteiger partial charge >= 0.3 is 5.97 Å². The van der Waals surface area contributed by atoms with Gasteiger partial charge in [0.25, 0.3) is 0 Å². The van der Waals surface area contributed by atoms with Gasteiger partial charge in [0.15, 0.2) is 0 Å². The van der Waals surface area contributed by atoms with Gasteiger partial charge in [-0.2, -0.15) is 10.4 Å². The number of aromatic carboxylic acids is 1. The van der Waals surface area contributed by atoms with Gasteiger partial charge in [-0.3, -0.25) is 9.48 Å². The molecular formula is C9H10N4O3. The summed E-state index contributed by atoms with van der Waals surface area (Å²) in [6, 6.07) is 1.77. The van der Waals surface area contributed by atoms with Gasteiger partial charge in [-0.25, -0.2) is 4.79 Å². The van der Waals surface area contributed by atoms with Gasteiger partial charge in [0.05, 0.1) is 18.0 Å². The summed E-state index contributed by atoms with van der Waals surface area (Å²) in [7, 11) is 0. The molecule has 0 aliphatic rings. The van der Waals surface area contributed by atoms with Gasteiger partial charge in [-0.05, 0) is 6.92 Å². The van der Waals surface area contributed by atoms with E-state index in [-0.39, 0.29) is 24.6 Å². The molecule has 0 unspecified atom stereocenters. The molecule has 0 aromatic carbocycles. The summed E-state index contributed by atoms with van der Waals surface area (Å²) in [4.78, 5) is 21.9. The van der Waals surface area contributed by atoms with Crippen LogP contribution in [-0.4, -0.2) is 33.3 Å². The van der Waals surface area contributed by atoms with Crippen LogP contribution in [0.15, 0.2) is 6.20 Å². The smallest absolute Gasteiger partial charge is 0.339 e. The van der Waals surface area contributed by atoms with E-state index in [0.29, 0.717) is 5.69 Å². The molecule has 0 bridgehead atoms. The number of hydrogen-bond donors (Lipinski definition) is 2. The van der Waals surface area contributed by atoms with E-state index in [1.54, 1.807) is 13.0 Å². The lowest BCUT2D eigenvalue weighted by molar-refractivity contribution is -0.121. The summed E-state index contributed by atoms with van der Waals surface area (Å²) < 4.78 is 1.27. The standard InChI is InChI=1S/C9H10N4O3/c1-6-7(9(15)16)4-12-13(6)5-8(14)11-3-2-10/h4H,3,5H2,1H3,(H,11,14)(H,15,16). The molecule has 2 N–H and O–H groups in total. The normalized spacial score (nSPS) is 9.50. The molecule has 1 heterocycles. The maximum absolute atomic E-state index is 11.2. The lowest BCUT2D eigenvalue weighted by Gasteiger charge is -2.03. The quantitative estimate of drug-likeness (QED) is 0.669. The van der Waals surface area contributed by atoms with Gasteiger partial charge < -0.3 is 10.4 Å². The Kier molecular flexibility index (Phi) is 3.61. The fourth-order valence-corrected chi connectivity index (χ4v) is 1.15. The third kappa shape index (κ3) is 2.57. The Hall–Kier alpha value is -2.36. The SMILES string of the molecule is Cc1c(C(=O)O)cnn1CC(=O)NCC#N. The fourth-order valence-electron chi connectivity index (χ4n) is 1.15. The maximum atomic E-state index is 11.2. The molecule has 1 rings (SSSR count). The van der Waals surface area contributed by atoms with E-state index >= 15 is 0 Å². The van der Waals surface area contributed by atoms with E-state index in [2.05, 4.69) is 10.4 Å². The van der Waals surface area contributed by atoms with Crippen LogP contribution in [0.1, 0.15) is 16.1 Å². The van der Waals surface area contributed by atoms with Crippen LogP contribution in [0, 0.1) is 18.3 Å². The minimum atomic E-state index is -1.08. The van der Waals surface area contributed by atoms with Crippen molar-refractivity contribution in [2.45, 2.75) is 13.5 Å². The first kappa shape index (κ1) is 11.7. The van der Waals surface area contributed by atoms with E-state index in [9.17, 15) is 9.59 Å². The molecule has 1 aromatic heterocycles. The predicted octanol–water partition coefficient (Wildman–Crippen LogP) is -0.470. The van der Waals surface area contributed by atoms with E-state index in [1.807, 2.05) is 0 Å². The molecule has 7 heteroatoms. The van der Waals surface area contributed by atoms with Crippen molar-refractivity contribution in [2.75, 3.05) is 6.54 Å². The number of carboxylic acids is 1. The molecule has 16 heavy (non-hydrogen) atoms. The number of nitrogens with one attached hydrogen (secondary N) is 1. The highest BCUT2D eigenvalue weighted by molar-refractivity contribution is 5.88. The highest BCUT2D eigenvalue weighted by Gasteiger charge is 2.14. The van der Waals surface area contributed by atoms with Crippen LogP contribution in [0.3, 0.4) is 0 Å². The van der Waals surface area contributed by atoms with Crippen molar-refractivity contribution in [3.8, 4) is 6.07 Å². The molecule has 0 fully saturated rings. The maximum Gasteiger partial charge on any atom is 0.339 e. The van der Waals surface area contributed by atoms with Crippen LogP contribution in [0.25, 0.3) is 0 Å². The number of carbonyl (C=O) groups excluding carboxylic acids is 1. The Labute approximate surface area is 91.3 Å². The number of aromatic nitrogens is 2. The number of nitrogens with zero attached hydrogens (tertiary/aromatic N) is 3. The number of carbonyl (C=O) groups is 2. The van der Waals surface area contributed by atoms with E-state index in [1.165, 1.54) is 10.9 Å². The average Bonchev–Trinajstić information content (AvgIpc) is 2.57. The fraction of sp³-hybridized carbons (Fsp3) is 0.333. The molecule has 0 aliphatic carbocycles. The molecule has 0 atom stereocenters. The first-order valence-electron chi connectivity index (χ1n) is 4.45. The Bertz CT molecular complexity index is 458. The lowest BCUT2D eigenvalue weighted by atomic mass is 10.3. The van der Waals surface area contributed by atoms with Crippen LogP contribution in [0.2, 0.25) is 0 Å². The second-order valence-electron chi connectivity index (χ2n) is 3.04. The Morgan fingerprint density at radius 2 is 2.38 bits per heavy atom. The zero-order chi connectivity index (χ0) is 12.1. The molecule has 0 saturated heterocycles. The molecule has 0 radical (unpaired) electrons. The Morgan fingerprint density at radius 1 is 1.69 bits per heavy atom. The van der Waals surface area contributed by atoms with Crippen LogP contribution >= 0.6 is 0 Å². The molecule has 0 saturated carbocycles. The second-order valence-corrected chi connectivity index (χ2v) is 3.04. The molecule has 0 spiro atoms. The van der Waals surface area contributed by atoms with Crippen molar-refractivity contribution in [1.82, 2.24) is 15.1 Å². The first-order chi connectivity index (χ1) is 7.56. The minimum Gasteiger partial charge on any atom is -0.478 e. The molecule has 0 aliphatic heterocycles. The largest absolute Gasteiger partial charge is 0.478 e. The molecule has 1 aromatic rings. The minimum absolute atomic E-state index is 0.0630. The summed E-state index contributed by atoms with van der Waals surface area (Å²) in [6.45, 7) is 1.39. The summed E-state index contributed by atoms with van der Waals surface area (Å²) in [5.74, 6) is -1.47. The highest BCUT2D eigenvalue weighted by atomic mass is 16.4. The molecule has 84 valence electrons. The Balaban J connectivity index is 2.72. The summed E-state index contributed by atoms with van der Waals surface area (Å²) in [6.07, 6.45) is 1.19. The van der Waals surface area contributed by atoms with Gasteiger partial charge in [0.2, 0.25) is 5.91 Å². The second kappa shape index (κ2) is 4.93. The topological polar surface area (TPSA) is 108 Å². The van der Waals surface area contributed by atoms with E-state index < -0.39 is 5.97 Å². The number of hydrogen-bond acceptors (Lipinski definition) is 4. The number of rotatable bonds is 4. The van der Waals surface area contributed by atoms with Crippen LogP contribution in [0.5, 0.6) is 0 Å². The summed E-state index contributed by atoms with van der Waals surface area (Å²) >= 11 is 0. The zero-order valence-electron chi connectivity index (χ0n) is 8.60. The van der Waals surface area contributed by atoms with Crippen LogP contribution < -0.4 is 5.32 Å². The van der Waals surface area contributed by atoms with Crippen LogP contribution in [0.4, 0.5) is 0 Å². The van der Waals surface area contributed by atoms with Gasteiger partial charge in [0, 0.05) is 0 Å². The lowest BCUT2D eigenvalue weighted by Crippen LogP contribution is -2.28. The monoisotopic (exact) mass is 222 g/mol. The average molecular weight is 222 g/mol. The third-order valence-electron chi connectivity index (χ3n) is 1.99. The zero-order valence-corrected chi connectivity index (χ0v) is 8.60. The van der Waals surface area contributed by atoms with E-state index in [4.69, 9.17) is 10.4 Å². The van der Waals surface area contributed by atoms with Crippen molar-refractivity contribution in [3.63, 3.8) is 0 Å². The van der Waals surface area contributed by atoms with Crippen molar-refractivity contribution >= 4 is 11.9 Å². The number of carboxylic acid groups (broad SMARTS) is 1. The van der Waals surface area contributed by atoms with Crippen molar-refractivity contribution in [2.24, 2.45) is 0 Å². The predicted molar refractivity (Wildman–Crippen MR) is 52.5 cm³/mol. The van der Waals surface area contributed by atoms with E-state index in [0.717, 1.165) is 0 Å². The van der Waals surface area contributed by atoms with Crippen molar-refractivity contribution in [3.05, 3.63) is 17.5 Å².